The highest BCUT2D eigenvalue weighted by atomic mass is 79.9. The van der Waals surface area contributed by atoms with Crippen LogP contribution in [0.25, 0.3) is 21.2 Å². The number of thioether (sulfide) groups is 1. The van der Waals surface area contributed by atoms with Gasteiger partial charge >= 0.3 is 5.97 Å². The Labute approximate surface area is 505 Å². The lowest BCUT2D eigenvalue weighted by Gasteiger charge is -2.50. The van der Waals surface area contributed by atoms with Gasteiger partial charge in [-0.15, -0.1) is 0 Å². The van der Waals surface area contributed by atoms with Gasteiger partial charge in [0.15, 0.2) is 12.4 Å². The molecule has 0 amide bonds. The smallest absolute Gasteiger partial charge is 0.302 e. The van der Waals surface area contributed by atoms with E-state index in [4.69, 9.17) is 42.3 Å². The number of benzene rings is 8. The molecule has 8 aromatic rings. The van der Waals surface area contributed by atoms with Crippen LogP contribution >= 0.6 is 27.7 Å². The zero-order chi connectivity index (χ0) is 58.5. The summed E-state index contributed by atoms with van der Waals surface area (Å²) in [5.41, 5.74) is 13.8. The Morgan fingerprint density at radius 1 is 0.607 bits per heavy atom. The van der Waals surface area contributed by atoms with Gasteiger partial charge in [-0.3, -0.25) is 4.79 Å². The van der Waals surface area contributed by atoms with E-state index < -0.39 is 79.8 Å². The summed E-state index contributed by atoms with van der Waals surface area (Å²) < 4.78 is 65.2. The summed E-state index contributed by atoms with van der Waals surface area (Å²) in [7, 11) is -3.27. The van der Waals surface area contributed by atoms with Crippen LogP contribution in [0.3, 0.4) is 0 Å². The normalized spacial score (nSPS) is 22.6. The maximum Gasteiger partial charge on any atom is 0.302 e. The van der Waals surface area contributed by atoms with Crippen LogP contribution in [0.1, 0.15) is 49.9 Å². The van der Waals surface area contributed by atoms with Crippen LogP contribution in [0.2, 0.25) is 5.04 Å². The van der Waals surface area contributed by atoms with Crippen LogP contribution in [0, 0.1) is 6.92 Å². The van der Waals surface area contributed by atoms with Crippen molar-refractivity contribution in [2.24, 2.45) is 5.11 Å². The van der Waals surface area contributed by atoms with E-state index in [9.17, 15) is 10.3 Å². The van der Waals surface area contributed by atoms with E-state index in [0.29, 0.717) is 5.75 Å². The molecule has 0 unspecified atom stereocenters. The molecule has 13 nitrogen and oxygen atoms in total. The second-order valence-electron chi connectivity index (χ2n) is 22.1. The molecule has 8 aromatic carbocycles. The van der Waals surface area contributed by atoms with Crippen molar-refractivity contribution in [3.63, 3.8) is 0 Å². The molecular weight excluding hydrogens is 1160 g/mol. The van der Waals surface area contributed by atoms with Crippen molar-refractivity contribution in [3.8, 4) is 5.75 Å². The number of ether oxygens (including phenoxy) is 8. The molecule has 2 fully saturated rings. The van der Waals surface area contributed by atoms with E-state index in [1.54, 1.807) is 0 Å². The van der Waals surface area contributed by atoms with Crippen LogP contribution in [-0.2, 0) is 62.2 Å². The van der Waals surface area contributed by atoms with E-state index >= 15 is 0 Å². The minimum Gasteiger partial charge on any atom is -0.485 e. The number of carbonyl (C=O) groups is 1. The Bertz CT molecular complexity index is 3380. The Morgan fingerprint density at radius 2 is 1.14 bits per heavy atom. The predicted octanol–water partition coefficient (Wildman–Crippen LogP) is 13.9. The molecule has 434 valence electrons. The van der Waals surface area contributed by atoms with Gasteiger partial charge < -0.3 is 42.3 Å². The number of halogens is 1. The van der Waals surface area contributed by atoms with Crippen molar-refractivity contribution in [1.82, 2.24) is 0 Å². The number of hydrogen-bond acceptors (Lipinski definition) is 12. The maximum atomic E-state index is 12.9. The molecule has 2 saturated heterocycles. The monoisotopic (exact) mass is 1230 g/mol. The quantitative estimate of drug-likeness (QED) is 0.0198. The largest absolute Gasteiger partial charge is 0.485 e. The SMILES string of the molecule is CC(=O)OC[C@H]1O[C@@H](Sc2ccc(C)cc2)[C@H](OCc2ccccc2)[C@@H](OCc2ccccc2)[C@@H]1O[C@H]1O[C@H](CO[Si](c2ccccc2)(c2ccccc2)C(C)(C)C)[C@@H](Oc2ccc3ccccc3c2)[C@H](OCc2ccc(Br)cc2)[C@H]1N=[N+]=[N-]. The number of aryl methyl sites for hydroxylation is 1. The average molecular weight is 1230 g/mol. The van der Waals surface area contributed by atoms with Gasteiger partial charge in [-0.05, 0) is 91.7 Å². The van der Waals surface area contributed by atoms with Gasteiger partial charge in [-0.2, -0.15) is 0 Å². The molecule has 10 rings (SSSR count). The highest BCUT2D eigenvalue weighted by Crippen LogP contribution is 2.42. The van der Waals surface area contributed by atoms with Crippen molar-refractivity contribution < 1.29 is 47.1 Å². The van der Waals surface area contributed by atoms with Gasteiger partial charge in [0.2, 0.25) is 0 Å². The minimum absolute atomic E-state index is 0.0173. The summed E-state index contributed by atoms with van der Waals surface area (Å²) in [6, 6.07) is 69.4. The van der Waals surface area contributed by atoms with Gasteiger partial charge in [0.1, 0.15) is 60.5 Å². The van der Waals surface area contributed by atoms with E-state index in [1.807, 2.05) is 195 Å². The fourth-order valence-corrected chi connectivity index (χ4v) is 17.0. The first-order valence-corrected chi connectivity index (χ1v) is 31.9. The molecule has 0 spiro atoms. The lowest BCUT2D eigenvalue weighted by Crippen LogP contribution is -2.69. The van der Waals surface area contributed by atoms with E-state index in [2.05, 4.69) is 71.0 Å². The molecule has 0 radical (unpaired) electrons. The molecule has 10 atom stereocenters. The fourth-order valence-electron chi connectivity index (χ4n) is 11.1. The minimum atomic E-state index is -3.27. The first kappa shape index (κ1) is 60.5. The van der Waals surface area contributed by atoms with Crippen molar-refractivity contribution in [1.29, 1.82) is 0 Å². The van der Waals surface area contributed by atoms with Crippen LogP contribution in [0.4, 0.5) is 0 Å². The maximum absolute atomic E-state index is 12.9. The molecule has 0 N–H and O–H groups in total. The lowest BCUT2D eigenvalue weighted by atomic mass is 9.95. The van der Waals surface area contributed by atoms with Crippen LogP contribution in [0.15, 0.2) is 227 Å². The third kappa shape index (κ3) is 14.9. The van der Waals surface area contributed by atoms with Crippen molar-refractivity contribution in [2.45, 2.75) is 125 Å². The van der Waals surface area contributed by atoms with E-state index in [-0.39, 0.29) is 33.0 Å². The van der Waals surface area contributed by atoms with Crippen LogP contribution in [-0.4, -0.2) is 88.0 Å². The highest BCUT2D eigenvalue weighted by molar-refractivity contribution is 9.10. The summed E-state index contributed by atoms with van der Waals surface area (Å²) in [4.78, 5) is 17.3. The number of azide groups is 1. The molecular formula is C68H70BrN3O10SSi. The molecule has 0 aromatic heterocycles. The third-order valence-electron chi connectivity index (χ3n) is 15.2. The first-order valence-electron chi connectivity index (χ1n) is 28.3. The second-order valence-corrected chi connectivity index (χ2v) is 28.5. The van der Waals surface area contributed by atoms with Crippen LogP contribution < -0.4 is 15.1 Å². The van der Waals surface area contributed by atoms with E-state index in [0.717, 1.165) is 52.8 Å². The van der Waals surface area contributed by atoms with Gasteiger partial charge in [-0.25, -0.2) is 0 Å². The molecule has 0 bridgehead atoms. The molecule has 0 saturated carbocycles. The molecule has 2 aliphatic heterocycles. The Balaban J connectivity index is 1.12. The number of hydrogen-bond donors (Lipinski definition) is 0. The third-order valence-corrected chi connectivity index (χ3v) is 21.9. The van der Waals surface area contributed by atoms with Gasteiger partial charge in [0.25, 0.3) is 8.32 Å². The topological polar surface area (TPSA) is 149 Å². The zero-order valence-electron chi connectivity index (χ0n) is 47.7. The number of carbonyl (C=O) groups excluding carboxylic acids is 1. The molecule has 0 aliphatic carbocycles. The molecule has 2 aliphatic rings. The fraction of sp³-hybridized carbons (Fsp3) is 0.309. The number of fused-ring (bicyclic) bond motifs is 1. The number of rotatable bonds is 23. The first-order chi connectivity index (χ1) is 40.8. The standard InChI is InChI=1S/C68H70BrN3O10SSi/c1-46-30-38-55(39-31-46)83-67-65(77-42-49-22-12-7-13-23-49)64(76-41-48-20-10-6-11-21-48)62(58(81-67)44-74-47(2)73)82-66-60(71-72-70)63(75-43-50-32-35-53(69)36-33-50)61(79-54-37-34-51-24-18-19-25-52(51)40-54)59(80-66)45-78-84(68(3,4)5,56-26-14-8-15-27-56)57-28-16-9-17-29-57/h6-40,58-67H,41-45H2,1-5H3/t58-,59-,60-,61-,62-,63-,64+,65-,66-,67+/m1/s1. The van der Waals surface area contributed by atoms with Crippen molar-refractivity contribution in [2.75, 3.05) is 13.2 Å². The highest BCUT2D eigenvalue weighted by Gasteiger charge is 2.56. The van der Waals surface area contributed by atoms with Crippen molar-refractivity contribution >= 4 is 63.1 Å². The Kier molecular flexibility index (Phi) is 20.5. The second kappa shape index (κ2) is 28.5. The predicted molar refractivity (Wildman–Crippen MR) is 333 cm³/mol. The average Bonchev–Trinajstić information content (AvgIpc) is 3.17. The summed E-state index contributed by atoms with van der Waals surface area (Å²) in [6.07, 6.45) is -8.19. The Morgan fingerprint density at radius 3 is 1.73 bits per heavy atom. The summed E-state index contributed by atoms with van der Waals surface area (Å²) >= 11 is 5.07. The number of nitrogens with zero attached hydrogens (tertiary/aromatic N) is 3. The molecule has 16 heteroatoms. The summed E-state index contributed by atoms with van der Waals surface area (Å²) in [5, 5.41) is 8.25. The van der Waals surface area contributed by atoms with Gasteiger partial charge in [0, 0.05) is 21.2 Å². The van der Waals surface area contributed by atoms with Gasteiger partial charge in [0.05, 0.1) is 26.4 Å². The zero-order valence-corrected chi connectivity index (χ0v) is 51.1. The summed E-state index contributed by atoms with van der Waals surface area (Å²) in [5.74, 6) is 0.0295. The molecule has 2 heterocycles. The van der Waals surface area contributed by atoms with Crippen molar-refractivity contribution in [3.05, 3.63) is 249 Å². The summed E-state index contributed by atoms with van der Waals surface area (Å²) in [6.45, 7) is 10.3. The lowest BCUT2D eigenvalue weighted by molar-refractivity contribution is -0.323. The van der Waals surface area contributed by atoms with Crippen LogP contribution in [0.5, 0.6) is 5.75 Å². The van der Waals surface area contributed by atoms with E-state index in [1.165, 1.54) is 18.7 Å². The Hall–Kier alpha value is -6.63. The van der Waals surface area contributed by atoms with Gasteiger partial charge in [-0.1, -0.05) is 235 Å². The molecule has 84 heavy (non-hydrogen) atoms. The number of esters is 1.